The molecule has 3 N–H and O–H groups in total. The number of rotatable bonds is 5. The van der Waals surface area contributed by atoms with Crippen LogP contribution in [0.25, 0.3) is 0 Å². The van der Waals surface area contributed by atoms with Crippen molar-refractivity contribution in [2.45, 2.75) is 32.9 Å². The lowest BCUT2D eigenvalue weighted by atomic mass is 9.95. The predicted octanol–water partition coefficient (Wildman–Crippen LogP) is 1.85. The van der Waals surface area contributed by atoms with Gasteiger partial charge in [-0.1, -0.05) is 44.2 Å². The molecule has 0 aliphatic carbocycles. The number of carbonyl (C=O) groups is 1. The summed E-state index contributed by atoms with van der Waals surface area (Å²) in [7, 11) is 0. The summed E-state index contributed by atoms with van der Waals surface area (Å²) >= 11 is 0. The van der Waals surface area contributed by atoms with Crippen molar-refractivity contribution in [3.05, 3.63) is 35.9 Å². The second-order valence-electron chi connectivity index (χ2n) is 4.42. The van der Waals surface area contributed by atoms with E-state index in [1.165, 1.54) is 5.56 Å². The maximum absolute atomic E-state index is 11.0. The Hall–Kier alpha value is -1.35. The van der Waals surface area contributed by atoms with Gasteiger partial charge in [0.25, 0.3) is 0 Å². The molecule has 0 radical (unpaired) electrons. The molecule has 1 aromatic carbocycles. The Bertz CT molecular complexity index is 335. The van der Waals surface area contributed by atoms with Gasteiger partial charge >= 0.3 is 0 Å². The molecular formula is C13H20N2O. The Kier molecular flexibility index (Phi) is 4.50. The van der Waals surface area contributed by atoms with Gasteiger partial charge in [0.1, 0.15) is 0 Å². The Balaban J connectivity index is 2.81. The van der Waals surface area contributed by atoms with Crippen LogP contribution >= 0.6 is 0 Å². The van der Waals surface area contributed by atoms with E-state index in [1.54, 1.807) is 6.92 Å². The van der Waals surface area contributed by atoms with Crippen LogP contribution in [-0.2, 0) is 4.79 Å². The summed E-state index contributed by atoms with van der Waals surface area (Å²) in [5, 5.41) is 3.26. The van der Waals surface area contributed by atoms with Gasteiger partial charge in [-0.05, 0) is 18.4 Å². The first kappa shape index (κ1) is 12.7. The van der Waals surface area contributed by atoms with Crippen molar-refractivity contribution < 1.29 is 4.79 Å². The van der Waals surface area contributed by atoms with E-state index in [2.05, 4.69) is 31.3 Å². The number of carbonyl (C=O) groups excluding carboxylic acids is 1. The Morgan fingerprint density at radius 2 is 1.75 bits per heavy atom. The van der Waals surface area contributed by atoms with Gasteiger partial charge in [0.05, 0.1) is 6.04 Å². The minimum absolute atomic E-state index is 0.156. The summed E-state index contributed by atoms with van der Waals surface area (Å²) in [5.74, 6) is 0.0887. The molecule has 16 heavy (non-hydrogen) atoms. The smallest absolute Gasteiger partial charge is 0.234 e. The van der Waals surface area contributed by atoms with Gasteiger partial charge < -0.3 is 5.73 Å². The standard InChI is InChI=1S/C13H20N2O/c1-9(2)12(15-10(3)13(14)16)11-7-5-4-6-8-11/h4-10,12,15H,1-3H3,(H2,14,16)/t10-,12-/m0/s1. The van der Waals surface area contributed by atoms with Gasteiger partial charge in [0.15, 0.2) is 0 Å². The van der Waals surface area contributed by atoms with Crippen LogP contribution in [0.2, 0.25) is 0 Å². The lowest BCUT2D eigenvalue weighted by Crippen LogP contribution is -2.42. The largest absolute Gasteiger partial charge is 0.368 e. The number of hydrogen-bond donors (Lipinski definition) is 2. The number of benzene rings is 1. The molecule has 0 spiro atoms. The van der Waals surface area contributed by atoms with Crippen LogP contribution in [0.1, 0.15) is 32.4 Å². The lowest BCUT2D eigenvalue weighted by Gasteiger charge is -2.25. The highest BCUT2D eigenvalue weighted by molar-refractivity contribution is 5.79. The number of nitrogens with one attached hydrogen (secondary N) is 1. The third-order valence-electron chi connectivity index (χ3n) is 2.68. The molecule has 1 rings (SSSR count). The Labute approximate surface area is 97.0 Å². The monoisotopic (exact) mass is 220 g/mol. The fourth-order valence-electron chi connectivity index (χ4n) is 1.69. The van der Waals surface area contributed by atoms with Gasteiger partial charge in [-0.15, -0.1) is 0 Å². The molecule has 0 unspecified atom stereocenters. The normalized spacial score (nSPS) is 14.8. The zero-order valence-electron chi connectivity index (χ0n) is 10.1. The maximum Gasteiger partial charge on any atom is 0.234 e. The van der Waals surface area contributed by atoms with E-state index in [1.807, 2.05) is 18.2 Å². The first-order valence-corrected chi connectivity index (χ1v) is 5.62. The second-order valence-corrected chi connectivity index (χ2v) is 4.42. The lowest BCUT2D eigenvalue weighted by molar-refractivity contribution is -0.119. The first-order valence-electron chi connectivity index (χ1n) is 5.62. The average Bonchev–Trinajstić information content (AvgIpc) is 2.26. The van der Waals surface area contributed by atoms with E-state index in [-0.39, 0.29) is 18.0 Å². The zero-order chi connectivity index (χ0) is 12.1. The molecule has 0 saturated heterocycles. The zero-order valence-corrected chi connectivity index (χ0v) is 10.1. The molecule has 1 aromatic rings. The molecular weight excluding hydrogens is 200 g/mol. The number of nitrogens with two attached hydrogens (primary N) is 1. The molecule has 0 aliphatic heterocycles. The van der Waals surface area contributed by atoms with Crippen LogP contribution in [0.5, 0.6) is 0 Å². The van der Waals surface area contributed by atoms with E-state index in [9.17, 15) is 4.79 Å². The van der Waals surface area contributed by atoms with Crippen molar-refractivity contribution in [2.75, 3.05) is 0 Å². The van der Waals surface area contributed by atoms with Gasteiger partial charge in [0.2, 0.25) is 5.91 Å². The SMILES string of the molecule is CC(C)[C@H](N[C@@H](C)C(N)=O)c1ccccc1. The minimum Gasteiger partial charge on any atom is -0.368 e. The summed E-state index contributed by atoms with van der Waals surface area (Å²) in [6.45, 7) is 6.04. The third-order valence-corrected chi connectivity index (χ3v) is 2.68. The van der Waals surface area contributed by atoms with E-state index in [0.29, 0.717) is 5.92 Å². The maximum atomic E-state index is 11.0. The minimum atomic E-state index is -0.318. The second kappa shape index (κ2) is 5.66. The molecule has 88 valence electrons. The van der Waals surface area contributed by atoms with Gasteiger partial charge in [0, 0.05) is 6.04 Å². The average molecular weight is 220 g/mol. The molecule has 2 atom stereocenters. The summed E-state index contributed by atoms with van der Waals surface area (Å²) in [4.78, 5) is 11.0. The Morgan fingerprint density at radius 3 is 2.19 bits per heavy atom. The molecule has 1 amide bonds. The number of amides is 1. The van der Waals surface area contributed by atoms with Crippen LogP contribution in [0.15, 0.2) is 30.3 Å². The fraction of sp³-hybridized carbons (Fsp3) is 0.462. The highest BCUT2D eigenvalue weighted by atomic mass is 16.1. The molecule has 0 heterocycles. The fourth-order valence-corrected chi connectivity index (χ4v) is 1.69. The van der Waals surface area contributed by atoms with E-state index in [4.69, 9.17) is 5.73 Å². The van der Waals surface area contributed by atoms with Gasteiger partial charge in [-0.3, -0.25) is 10.1 Å². The molecule has 3 heteroatoms. The topological polar surface area (TPSA) is 55.1 Å². The summed E-state index contributed by atoms with van der Waals surface area (Å²) in [6, 6.07) is 9.95. The molecule has 0 fully saturated rings. The van der Waals surface area contributed by atoms with E-state index >= 15 is 0 Å². The predicted molar refractivity (Wildman–Crippen MR) is 65.8 cm³/mol. The van der Waals surface area contributed by atoms with Gasteiger partial charge in [-0.25, -0.2) is 0 Å². The van der Waals surface area contributed by atoms with Crippen LogP contribution in [0.4, 0.5) is 0 Å². The van der Waals surface area contributed by atoms with Crippen molar-refractivity contribution in [3.8, 4) is 0 Å². The van der Waals surface area contributed by atoms with E-state index < -0.39 is 0 Å². The van der Waals surface area contributed by atoms with Crippen LogP contribution in [-0.4, -0.2) is 11.9 Å². The summed E-state index contributed by atoms with van der Waals surface area (Å²) < 4.78 is 0. The number of primary amides is 1. The van der Waals surface area contributed by atoms with Crippen LogP contribution in [0.3, 0.4) is 0 Å². The molecule has 3 nitrogen and oxygen atoms in total. The van der Waals surface area contributed by atoms with Crippen molar-refractivity contribution >= 4 is 5.91 Å². The van der Waals surface area contributed by atoms with Crippen molar-refractivity contribution in [1.29, 1.82) is 0 Å². The Morgan fingerprint density at radius 1 is 1.19 bits per heavy atom. The number of hydrogen-bond acceptors (Lipinski definition) is 2. The molecule has 0 saturated carbocycles. The van der Waals surface area contributed by atoms with Crippen molar-refractivity contribution in [2.24, 2.45) is 11.7 Å². The molecule has 0 aromatic heterocycles. The summed E-state index contributed by atoms with van der Waals surface area (Å²) in [5.41, 5.74) is 6.45. The van der Waals surface area contributed by atoms with Crippen molar-refractivity contribution in [1.82, 2.24) is 5.32 Å². The van der Waals surface area contributed by atoms with Crippen LogP contribution < -0.4 is 11.1 Å². The quantitative estimate of drug-likeness (QED) is 0.795. The molecule has 0 bridgehead atoms. The van der Waals surface area contributed by atoms with Crippen molar-refractivity contribution in [3.63, 3.8) is 0 Å². The third kappa shape index (κ3) is 3.35. The van der Waals surface area contributed by atoms with E-state index in [0.717, 1.165) is 0 Å². The highest BCUT2D eigenvalue weighted by Gasteiger charge is 2.19. The van der Waals surface area contributed by atoms with Gasteiger partial charge in [-0.2, -0.15) is 0 Å². The van der Waals surface area contributed by atoms with Crippen LogP contribution in [0, 0.1) is 5.92 Å². The molecule has 0 aliphatic rings. The summed E-state index contributed by atoms with van der Waals surface area (Å²) in [6.07, 6.45) is 0. The highest BCUT2D eigenvalue weighted by Crippen LogP contribution is 2.21. The first-order chi connectivity index (χ1) is 7.52.